The summed E-state index contributed by atoms with van der Waals surface area (Å²) in [4.78, 5) is 25.8. The summed E-state index contributed by atoms with van der Waals surface area (Å²) >= 11 is 6.27. The van der Waals surface area contributed by atoms with Crippen LogP contribution in [0, 0.1) is 17.6 Å². The van der Waals surface area contributed by atoms with Crippen molar-refractivity contribution in [2.45, 2.75) is 32.5 Å². The molecule has 0 radical (unpaired) electrons. The zero-order valence-corrected chi connectivity index (χ0v) is 19.8. The van der Waals surface area contributed by atoms with E-state index in [9.17, 15) is 31.5 Å². The predicted molar refractivity (Wildman–Crippen MR) is 125 cm³/mol. The van der Waals surface area contributed by atoms with Gasteiger partial charge >= 0.3 is 6.18 Å². The predicted octanol–water partition coefficient (Wildman–Crippen LogP) is 6.92. The Hall–Kier alpha value is -3.46. The molecule has 0 saturated carbocycles. The molecule has 1 heterocycles. The van der Waals surface area contributed by atoms with Crippen molar-refractivity contribution in [2.75, 3.05) is 5.32 Å². The van der Waals surface area contributed by atoms with E-state index in [1.54, 1.807) is 12.1 Å². The van der Waals surface area contributed by atoms with Crippen LogP contribution in [0.5, 0.6) is 0 Å². The molecule has 1 unspecified atom stereocenters. The monoisotopic (exact) mass is 522 g/mol. The lowest BCUT2D eigenvalue weighted by Crippen LogP contribution is -2.21. The standard InChI is InChI=1S/C26H20ClF5N2O2/c1-12(2)5-13-6-19-22(23(34-25(19)36)18-11-16(28)3-4-20(18)27)21(7-13)33-24(35)14-8-15(26(30,31)32)10-17(29)9-14/h3-4,6-12,23H,5H2,1-2H3,(H,33,35)(H,34,36). The Morgan fingerprint density at radius 3 is 2.44 bits per heavy atom. The number of hydrogen-bond donors (Lipinski definition) is 2. The molecule has 10 heteroatoms. The number of carbonyl (C=O) groups excluding carboxylic acids is 2. The molecule has 0 aromatic heterocycles. The second kappa shape index (κ2) is 9.54. The molecule has 4 rings (SSSR count). The van der Waals surface area contributed by atoms with Gasteiger partial charge in [0.15, 0.2) is 0 Å². The molecule has 1 aliphatic rings. The normalized spacial score (nSPS) is 15.1. The van der Waals surface area contributed by atoms with Gasteiger partial charge < -0.3 is 10.6 Å². The van der Waals surface area contributed by atoms with Crippen LogP contribution in [0.3, 0.4) is 0 Å². The van der Waals surface area contributed by atoms with Crippen LogP contribution in [0.4, 0.5) is 27.6 Å². The van der Waals surface area contributed by atoms with E-state index in [1.165, 1.54) is 6.07 Å². The van der Waals surface area contributed by atoms with Gasteiger partial charge in [-0.1, -0.05) is 25.4 Å². The van der Waals surface area contributed by atoms with E-state index >= 15 is 0 Å². The fourth-order valence-electron chi connectivity index (χ4n) is 4.23. The largest absolute Gasteiger partial charge is 0.416 e. The van der Waals surface area contributed by atoms with Crippen molar-refractivity contribution in [1.82, 2.24) is 5.32 Å². The van der Waals surface area contributed by atoms with Crippen molar-refractivity contribution >= 4 is 29.1 Å². The maximum Gasteiger partial charge on any atom is 0.416 e. The molecule has 1 atom stereocenters. The Kier molecular flexibility index (Phi) is 6.79. The van der Waals surface area contributed by atoms with Gasteiger partial charge in [-0.15, -0.1) is 0 Å². The molecule has 2 N–H and O–H groups in total. The van der Waals surface area contributed by atoms with Crippen LogP contribution in [0.2, 0.25) is 5.02 Å². The first-order valence-corrected chi connectivity index (χ1v) is 11.3. The zero-order valence-electron chi connectivity index (χ0n) is 19.1. The van der Waals surface area contributed by atoms with Crippen molar-refractivity contribution in [2.24, 2.45) is 5.92 Å². The highest BCUT2D eigenvalue weighted by molar-refractivity contribution is 6.31. The number of benzene rings is 3. The van der Waals surface area contributed by atoms with Gasteiger partial charge in [-0.25, -0.2) is 8.78 Å². The second-order valence-electron chi connectivity index (χ2n) is 8.96. The highest BCUT2D eigenvalue weighted by Gasteiger charge is 2.35. The Morgan fingerprint density at radius 1 is 1.06 bits per heavy atom. The summed E-state index contributed by atoms with van der Waals surface area (Å²) in [5.41, 5.74) is -0.327. The van der Waals surface area contributed by atoms with Crippen LogP contribution in [0.1, 0.15) is 62.9 Å². The average Bonchev–Trinajstić information content (AvgIpc) is 3.10. The first kappa shape index (κ1) is 25.6. The van der Waals surface area contributed by atoms with E-state index in [4.69, 9.17) is 11.6 Å². The lowest BCUT2D eigenvalue weighted by Gasteiger charge is -2.19. The highest BCUT2D eigenvalue weighted by Crippen LogP contribution is 2.40. The third-order valence-corrected chi connectivity index (χ3v) is 6.04. The number of hydrogen-bond acceptors (Lipinski definition) is 2. The van der Waals surface area contributed by atoms with Gasteiger partial charge in [0.25, 0.3) is 11.8 Å². The number of anilines is 1. The van der Waals surface area contributed by atoms with Gasteiger partial charge in [0.05, 0.1) is 11.6 Å². The van der Waals surface area contributed by atoms with Crippen molar-refractivity contribution in [3.63, 3.8) is 0 Å². The van der Waals surface area contributed by atoms with Crippen LogP contribution in [-0.2, 0) is 12.6 Å². The third kappa shape index (κ3) is 5.21. The molecule has 0 bridgehead atoms. The fourth-order valence-corrected chi connectivity index (χ4v) is 4.46. The number of carbonyl (C=O) groups is 2. The molecule has 36 heavy (non-hydrogen) atoms. The topological polar surface area (TPSA) is 58.2 Å². The fraction of sp³-hybridized carbons (Fsp3) is 0.231. The maximum atomic E-state index is 14.0. The first-order valence-electron chi connectivity index (χ1n) is 10.9. The number of halogens is 6. The molecule has 188 valence electrons. The van der Waals surface area contributed by atoms with Crippen molar-refractivity contribution in [3.8, 4) is 0 Å². The molecule has 2 amide bonds. The summed E-state index contributed by atoms with van der Waals surface area (Å²) in [7, 11) is 0. The number of nitrogens with one attached hydrogen (secondary N) is 2. The van der Waals surface area contributed by atoms with Crippen LogP contribution >= 0.6 is 11.6 Å². The van der Waals surface area contributed by atoms with E-state index in [-0.39, 0.29) is 33.3 Å². The van der Waals surface area contributed by atoms with Crippen molar-refractivity contribution in [3.05, 3.63) is 98.6 Å². The number of rotatable bonds is 5. The average molecular weight is 523 g/mol. The van der Waals surface area contributed by atoms with E-state index in [0.29, 0.717) is 30.2 Å². The van der Waals surface area contributed by atoms with E-state index in [1.807, 2.05) is 13.8 Å². The van der Waals surface area contributed by atoms with E-state index in [0.717, 1.165) is 12.1 Å². The molecule has 3 aromatic rings. The minimum absolute atomic E-state index is 0.120. The van der Waals surface area contributed by atoms with E-state index < -0.39 is 46.8 Å². The Balaban J connectivity index is 1.83. The lowest BCUT2D eigenvalue weighted by molar-refractivity contribution is -0.137. The Morgan fingerprint density at radius 2 is 1.78 bits per heavy atom. The van der Waals surface area contributed by atoms with Crippen LogP contribution < -0.4 is 10.6 Å². The lowest BCUT2D eigenvalue weighted by atomic mass is 9.92. The maximum absolute atomic E-state index is 14.0. The molecule has 4 nitrogen and oxygen atoms in total. The van der Waals surface area contributed by atoms with Crippen LogP contribution in [0.15, 0.2) is 48.5 Å². The van der Waals surface area contributed by atoms with Gasteiger partial charge in [0.1, 0.15) is 11.6 Å². The molecule has 0 aliphatic carbocycles. The molecule has 3 aromatic carbocycles. The SMILES string of the molecule is CC(C)Cc1cc(NC(=O)c2cc(F)cc(C(F)(F)F)c2)c2c(c1)C(=O)NC2c1cc(F)ccc1Cl. The summed E-state index contributed by atoms with van der Waals surface area (Å²) in [5, 5.41) is 5.42. The van der Waals surface area contributed by atoms with Gasteiger partial charge in [0, 0.05) is 33.0 Å². The van der Waals surface area contributed by atoms with Crippen LogP contribution in [0.25, 0.3) is 0 Å². The Bertz CT molecular complexity index is 1370. The van der Waals surface area contributed by atoms with Gasteiger partial charge in [-0.3, -0.25) is 9.59 Å². The van der Waals surface area contributed by atoms with Gasteiger partial charge in [-0.2, -0.15) is 13.2 Å². The molecular weight excluding hydrogens is 503 g/mol. The highest BCUT2D eigenvalue weighted by atomic mass is 35.5. The smallest absolute Gasteiger partial charge is 0.341 e. The molecule has 0 fully saturated rings. The third-order valence-electron chi connectivity index (χ3n) is 5.70. The first-order chi connectivity index (χ1) is 16.8. The molecular formula is C26H20ClF5N2O2. The van der Waals surface area contributed by atoms with E-state index in [2.05, 4.69) is 10.6 Å². The summed E-state index contributed by atoms with van der Waals surface area (Å²) in [6.07, 6.45) is -4.32. The number of alkyl halides is 3. The molecule has 0 saturated heterocycles. The molecule has 0 spiro atoms. The quantitative estimate of drug-likeness (QED) is 0.357. The zero-order chi connectivity index (χ0) is 26.4. The summed E-state index contributed by atoms with van der Waals surface area (Å²) < 4.78 is 67.4. The number of amides is 2. The summed E-state index contributed by atoms with van der Waals surface area (Å²) in [5.74, 6) is -3.13. The molecule has 1 aliphatic heterocycles. The Labute approximate surface area is 208 Å². The summed E-state index contributed by atoms with van der Waals surface area (Å²) in [6, 6.07) is 7.47. The van der Waals surface area contributed by atoms with Gasteiger partial charge in [0.2, 0.25) is 0 Å². The minimum atomic E-state index is -4.86. The van der Waals surface area contributed by atoms with Crippen molar-refractivity contribution < 1.29 is 31.5 Å². The van der Waals surface area contributed by atoms with Gasteiger partial charge in [-0.05, 0) is 66.4 Å². The second-order valence-corrected chi connectivity index (χ2v) is 9.36. The number of fused-ring (bicyclic) bond motifs is 1. The van der Waals surface area contributed by atoms with Crippen LogP contribution in [-0.4, -0.2) is 11.8 Å². The summed E-state index contributed by atoms with van der Waals surface area (Å²) in [6.45, 7) is 3.90. The minimum Gasteiger partial charge on any atom is -0.341 e. The van der Waals surface area contributed by atoms with Crippen molar-refractivity contribution in [1.29, 1.82) is 0 Å².